The molecule has 0 aliphatic rings. The summed E-state index contributed by atoms with van der Waals surface area (Å²) in [7, 11) is 0. The second-order valence-corrected chi connectivity index (χ2v) is 5.20. The molecule has 0 fully saturated rings. The fraction of sp³-hybridized carbons (Fsp3) is 0.538. The van der Waals surface area contributed by atoms with Crippen molar-refractivity contribution in [2.75, 3.05) is 6.54 Å². The highest BCUT2D eigenvalue weighted by atomic mass is 16.5. The summed E-state index contributed by atoms with van der Waals surface area (Å²) in [5, 5.41) is 18.5. The molecular weight excluding hydrogens is 202 g/mol. The molecule has 0 aliphatic heterocycles. The third kappa shape index (κ3) is 3.04. The molecule has 0 aliphatic carbocycles. The molecule has 1 unspecified atom stereocenters. The SMILES string of the molecule is Cc1ccc(C(C)(C)C)cc1C(O)CNO. The van der Waals surface area contributed by atoms with Crippen molar-refractivity contribution >= 4 is 0 Å². The number of benzene rings is 1. The van der Waals surface area contributed by atoms with E-state index >= 15 is 0 Å². The van der Waals surface area contributed by atoms with Crippen molar-refractivity contribution in [3.63, 3.8) is 0 Å². The summed E-state index contributed by atoms with van der Waals surface area (Å²) in [5.41, 5.74) is 5.16. The minimum atomic E-state index is -0.674. The summed E-state index contributed by atoms with van der Waals surface area (Å²) in [4.78, 5) is 0. The van der Waals surface area contributed by atoms with Crippen LogP contribution >= 0.6 is 0 Å². The zero-order chi connectivity index (χ0) is 12.3. The van der Waals surface area contributed by atoms with Gasteiger partial charge in [-0.2, -0.15) is 0 Å². The normalized spacial score (nSPS) is 13.9. The third-order valence-corrected chi connectivity index (χ3v) is 2.79. The average Bonchev–Trinajstić information content (AvgIpc) is 2.16. The maximum atomic E-state index is 9.87. The van der Waals surface area contributed by atoms with Gasteiger partial charge in [-0.3, -0.25) is 0 Å². The molecule has 1 atom stereocenters. The van der Waals surface area contributed by atoms with E-state index in [1.54, 1.807) is 0 Å². The number of rotatable bonds is 3. The van der Waals surface area contributed by atoms with E-state index in [2.05, 4.69) is 26.8 Å². The lowest BCUT2D eigenvalue weighted by molar-refractivity contribution is 0.0917. The van der Waals surface area contributed by atoms with Gasteiger partial charge in [-0.05, 0) is 29.0 Å². The molecule has 90 valence electrons. The van der Waals surface area contributed by atoms with Gasteiger partial charge in [-0.25, -0.2) is 5.48 Å². The van der Waals surface area contributed by atoms with Gasteiger partial charge in [-0.1, -0.05) is 39.0 Å². The fourth-order valence-corrected chi connectivity index (χ4v) is 1.66. The molecule has 3 N–H and O–H groups in total. The van der Waals surface area contributed by atoms with Gasteiger partial charge in [0.25, 0.3) is 0 Å². The molecule has 0 amide bonds. The molecule has 1 aromatic carbocycles. The number of nitrogens with one attached hydrogen (secondary N) is 1. The maximum Gasteiger partial charge on any atom is 0.0940 e. The zero-order valence-corrected chi connectivity index (χ0v) is 10.4. The van der Waals surface area contributed by atoms with Crippen molar-refractivity contribution in [3.05, 3.63) is 34.9 Å². The van der Waals surface area contributed by atoms with Crippen LogP contribution < -0.4 is 5.48 Å². The Balaban J connectivity index is 3.09. The van der Waals surface area contributed by atoms with Gasteiger partial charge in [0.1, 0.15) is 0 Å². The van der Waals surface area contributed by atoms with E-state index in [0.29, 0.717) is 0 Å². The summed E-state index contributed by atoms with van der Waals surface area (Å²) in [6, 6.07) is 6.10. The second-order valence-electron chi connectivity index (χ2n) is 5.20. The van der Waals surface area contributed by atoms with Gasteiger partial charge in [-0.15, -0.1) is 0 Å². The van der Waals surface area contributed by atoms with Gasteiger partial charge < -0.3 is 10.3 Å². The molecule has 0 spiro atoms. The van der Waals surface area contributed by atoms with Crippen molar-refractivity contribution in [2.24, 2.45) is 0 Å². The molecule has 1 aromatic rings. The molecule has 0 saturated heterocycles. The Hall–Kier alpha value is -0.900. The summed E-state index contributed by atoms with van der Waals surface area (Å²) in [6.45, 7) is 8.52. The van der Waals surface area contributed by atoms with E-state index in [1.165, 1.54) is 5.56 Å². The van der Waals surface area contributed by atoms with Crippen molar-refractivity contribution in [1.29, 1.82) is 0 Å². The van der Waals surface area contributed by atoms with Crippen LogP contribution in [0.15, 0.2) is 18.2 Å². The van der Waals surface area contributed by atoms with Gasteiger partial charge in [0.05, 0.1) is 12.6 Å². The molecule has 0 bridgehead atoms. The molecular formula is C13H21NO2. The quantitative estimate of drug-likeness (QED) is 0.689. The van der Waals surface area contributed by atoms with E-state index in [0.717, 1.165) is 11.1 Å². The van der Waals surface area contributed by atoms with E-state index in [4.69, 9.17) is 5.21 Å². The Bertz CT molecular complexity index is 355. The number of aliphatic hydroxyl groups excluding tert-OH is 1. The van der Waals surface area contributed by atoms with Gasteiger partial charge in [0.2, 0.25) is 0 Å². The largest absolute Gasteiger partial charge is 0.387 e. The fourth-order valence-electron chi connectivity index (χ4n) is 1.66. The van der Waals surface area contributed by atoms with Crippen LogP contribution in [0.2, 0.25) is 0 Å². The van der Waals surface area contributed by atoms with Crippen molar-refractivity contribution in [2.45, 2.75) is 39.2 Å². The molecule has 0 radical (unpaired) electrons. The van der Waals surface area contributed by atoms with E-state index in [9.17, 15) is 5.11 Å². The highest BCUT2D eigenvalue weighted by molar-refractivity contribution is 5.36. The van der Waals surface area contributed by atoms with Crippen molar-refractivity contribution in [3.8, 4) is 0 Å². The first-order valence-electron chi connectivity index (χ1n) is 5.52. The first-order valence-corrected chi connectivity index (χ1v) is 5.52. The van der Waals surface area contributed by atoms with E-state index < -0.39 is 6.10 Å². The van der Waals surface area contributed by atoms with Crippen LogP contribution in [0.25, 0.3) is 0 Å². The van der Waals surface area contributed by atoms with Gasteiger partial charge >= 0.3 is 0 Å². The lowest BCUT2D eigenvalue weighted by Gasteiger charge is -2.22. The van der Waals surface area contributed by atoms with E-state index in [1.807, 2.05) is 24.5 Å². The highest BCUT2D eigenvalue weighted by Crippen LogP contribution is 2.27. The number of aliphatic hydroxyl groups is 1. The lowest BCUT2D eigenvalue weighted by atomic mass is 9.84. The number of hydrogen-bond acceptors (Lipinski definition) is 3. The minimum Gasteiger partial charge on any atom is -0.387 e. The molecule has 3 nitrogen and oxygen atoms in total. The molecule has 0 saturated carbocycles. The maximum absolute atomic E-state index is 9.87. The summed E-state index contributed by atoms with van der Waals surface area (Å²) in [6.07, 6.45) is -0.674. The lowest BCUT2D eigenvalue weighted by Crippen LogP contribution is -2.19. The second kappa shape index (κ2) is 4.95. The van der Waals surface area contributed by atoms with E-state index in [-0.39, 0.29) is 12.0 Å². The smallest absolute Gasteiger partial charge is 0.0940 e. The number of hydroxylamine groups is 1. The summed E-state index contributed by atoms with van der Waals surface area (Å²) in [5.74, 6) is 0. The summed E-state index contributed by atoms with van der Waals surface area (Å²) >= 11 is 0. The topological polar surface area (TPSA) is 52.5 Å². The van der Waals surface area contributed by atoms with Crippen molar-refractivity contribution < 1.29 is 10.3 Å². The molecule has 16 heavy (non-hydrogen) atoms. The Morgan fingerprint density at radius 3 is 2.44 bits per heavy atom. The average molecular weight is 223 g/mol. The van der Waals surface area contributed by atoms with Gasteiger partial charge in [0, 0.05) is 0 Å². The zero-order valence-electron chi connectivity index (χ0n) is 10.4. The highest BCUT2D eigenvalue weighted by Gasteiger charge is 2.17. The minimum absolute atomic E-state index is 0.0643. The third-order valence-electron chi connectivity index (χ3n) is 2.79. The van der Waals surface area contributed by atoms with Crippen LogP contribution in [-0.2, 0) is 5.41 Å². The van der Waals surface area contributed by atoms with Gasteiger partial charge in [0.15, 0.2) is 0 Å². The number of hydrogen-bond donors (Lipinski definition) is 3. The standard InChI is InChI=1S/C13H21NO2/c1-9-5-6-10(13(2,3)4)7-11(9)12(15)8-14-16/h5-7,12,14-16H,8H2,1-4H3. The van der Waals surface area contributed by atoms with Crippen LogP contribution in [0.5, 0.6) is 0 Å². The van der Waals surface area contributed by atoms with Crippen LogP contribution in [0.3, 0.4) is 0 Å². The predicted molar refractivity (Wildman–Crippen MR) is 64.6 cm³/mol. The first kappa shape index (κ1) is 13.2. The first-order chi connectivity index (χ1) is 7.36. The summed E-state index contributed by atoms with van der Waals surface area (Å²) < 4.78 is 0. The van der Waals surface area contributed by atoms with Crippen LogP contribution in [0.1, 0.15) is 43.6 Å². The molecule has 1 rings (SSSR count). The monoisotopic (exact) mass is 223 g/mol. The molecule has 0 heterocycles. The molecule has 3 heteroatoms. The number of aryl methyl sites for hydroxylation is 1. The van der Waals surface area contributed by atoms with Crippen LogP contribution in [0, 0.1) is 6.92 Å². The Labute approximate surface area is 97.1 Å². The predicted octanol–water partition coefficient (Wildman–Crippen LogP) is 2.30. The molecule has 0 aromatic heterocycles. The Kier molecular flexibility index (Phi) is 4.08. The van der Waals surface area contributed by atoms with Crippen LogP contribution in [0.4, 0.5) is 0 Å². The Morgan fingerprint density at radius 1 is 1.31 bits per heavy atom. The van der Waals surface area contributed by atoms with Crippen molar-refractivity contribution in [1.82, 2.24) is 5.48 Å². The Morgan fingerprint density at radius 2 is 1.94 bits per heavy atom. The van der Waals surface area contributed by atoms with Crippen LogP contribution in [-0.4, -0.2) is 16.9 Å².